The van der Waals surface area contributed by atoms with Crippen molar-refractivity contribution in [2.75, 3.05) is 11.9 Å². The first-order chi connectivity index (χ1) is 12.3. The Morgan fingerprint density at radius 1 is 1.35 bits per heavy atom. The summed E-state index contributed by atoms with van der Waals surface area (Å²) in [7, 11) is 0. The van der Waals surface area contributed by atoms with Crippen molar-refractivity contribution >= 4 is 17.6 Å². The fraction of sp³-hybridized carbons (Fsp3) is 0.421. The molecule has 1 aromatic carbocycles. The molecule has 0 fully saturated rings. The van der Waals surface area contributed by atoms with Crippen LogP contribution < -0.4 is 10.1 Å². The van der Waals surface area contributed by atoms with Gasteiger partial charge in [-0.25, -0.2) is 4.79 Å². The molecule has 140 valence electrons. The Balaban J connectivity index is 2.15. The number of anilines is 1. The van der Waals surface area contributed by atoms with Gasteiger partial charge in [-0.1, -0.05) is 20.8 Å². The van der Waals surface area contributed by atoms with Gasteiger partial charge in [-0.3, -0.25) is 9.48 Å². The van der Waals surface area contributed by atoms with Gasteiger partial charge in [0.15, 0.2) is 6.61 Å². The largest absolute Gasteiger partial charge is 0.482 e. The van der Waals surface area contributed by atoms with Gasteiger partial charge in [0.05, 0.1) is 17.5 Å². The first kappa shape index (κ1) is 19.5. The monoisotopic (exact) mass is 359 g/mol. The summed E-state index contributed by atoms with van der Waals surface area (Å²) in [4.78, 5) is 23.2. The minimum atomic E-state index is -1.04. The second kappa shape index (κ2) is 8.51. The molecule has 0 bridgehead atoms. The molecule has 2 aromatic rings. The zero-order chi connectivity index (χ0) is 19.3. The van der Waals surface area contributed by atoms with E-state index in [1.165, 1.54) is 0 Å². The normalized spacial score (nSPS) is 10.8. The third-order valence-corrected chi connectivity index (χ3v) is 3.87. The number of aryl methyl sites for hydroxylation is 1. The van der Waals surface area contributed by atoms with E-state index in [-0.39, 0.29) is 5.91 Å². The molecule has 2 N–H and O–H groups in total. The van der Waals surface area contributed by atoms with Gasteiger partial charge >= 0.3 is 5.97 Å². The van der Waals surface area contributed by atoms with Gasteiger partial charge in [0.25, 0.3) is 5.91 Å². The fourth-order valence-electron chi connectivity index (χ4n) is 2.68. The van der Waals surface area contributed by atoms with Crippen molar-refractivity contribution in [3.05, 3.63) is 41.2 Å². The van der Waals surface area contributed by atoms with E-state index in [0.717, 1.165) is 24.2 Å². The molecule has 7 nitrogen and oxygen atoms in total. The summed E-state index contributed by atoms with van der Waals surface area (Å²) in [5.41, 5.74) is 2.92. The van der Waals surface area contributed by atoms with Crippen LogP contribution in [0.3, 0.4) is 0 Å². The lowest BCUT2D eigenvalue weighted by Gasteiger charge is -2.12. The predicted octanol–water partition coefficient (Wildman–Crippen LogP) is 3.13. The molecule has 0 aliphatic heterocycles. The highest BCUT2D eigenvalue weighted by Crippen LogP contribution is 2.23. The maximum atomic E-state index is 12.7. The lowest BCUT2D eigenvalue weighted by atomic mass is 10.1. The average Bonchev–Trinajstić information content (AvgIpc) is 2.97. The summed E-state index contributed by atoms with van der Waals surface area (Å²) in [6.07, 6.45) is 2.33. The SMILES string of the molecule is CCc1c(C(=O)Nc2ccc(OCC(=O)O)cc2C)cnn1CC(C)C. The van der Waals surface area contributed by atoms with Gasteiger partial charge in [0.2, 0.25) is 0 Å². The second-order valence-electron chi connectivity index (χ2n) is 6.55. The molecule has 0 spiro atoms. The number of aliphatic carboxylic acids is 1. The lowest BCUT2D eigenvalue weighted by molar-refractivity contribution is -0.139. The summed E-state index contributed by atoms with van der Waals surface area (Å²) in [5.74, 6) is -0.358. The van der Waals surface area contributed by atoms with Crippen LogP contribution >= 0.6 is 0 Å². The van der Waals surface area contributed by atoms with Crippen LogP contribution in [0.25, 0.3) is 0 Å². The van der Waals surface area contributed by atoms with Crippen molar-refractivity contribution in [1.82, 2.24) is 9.78 Å². The van der Waals surface area contributed by atoms with Crippen LogP contribution in [-0.2, 0) is 17.8 Å². The van der Waals surface area contributed by atoms with E-state index in [2.05, 4.69) is 24.3 Å². The number of hydrogen-bond acceptors (Lipinski definition) is 4. The molecular weight excluding hydrogens is 334 g/mol. The molecule has 0 saturated carbocycles. The maximum absolute atomic E-state index is 12.7. The van der Waals surface area contributed by atoms with E-state index >= 15 is 0 Å². The molecule has 0 saturated heterocycles. The summed E-state index contributed by atoms with van der Waals surface area (Å²) >= 11 is 0. The standard InChI is InChI=1S/C19H25N3O4/c1-5-17-15(9-20-22(17)10-12(2)3)19(25)21-16-7-6-14(8-13(16)4)26-11-18(23)24/h6-9,12H,5,10-11H2,1-4H3,(H,21,25)(H,23,24). The number of carboxylic acid groups (broad SMARTS) is 1. The molecule has 0 radical (unpaired) electrons. The van der Waals surface area contributed by atoms with Crippen LogP contribution in [0.4, 0.5) is 5.69 Å². The van der Waals surface area contributed by atoms with Crippen molar-refractivity contribution in [3.8, 4) is 5.75 Å². The van der Waals surface area contributed by atoms with Gasteiger partial charge < -0.3 is 15.2 Å². The number of carbonyl (C=O) groups excluding carboxylic acids is 1. The molecule has 1 aromatic heterocycles. The van der Waals surface area contributed by atoms with Crippen LogP contribution in [-0.4, -0.2) is 33.4 Å². The number of carbonyl (C=O) groups is 2. The Labute approximate surface area is 153 Å². The van der Waals surface area contributed by atoms with Crippen molar-refractivity contribution < 1.29 is 19.4 Å². The third kappa shape index (κ3) is 4.84. The highest BCUT2D eigenvalue weighted by Gasteiger charge is 2.17. The molecule has 7 heteroatoms. The number of hydrogen-bond donors (Lipinski definition) is 2. The Bertz CT molecular complexity index is 796. The van der Waals surface area contributed by atoms with Crippen LogP contribution in [0.2, 0.25) is 0 Å². The number of ether oxygens (including phenoxy) is 1. The van der Waals surface area contributed by atoms with Crippen LogP contribution in [0, 0.1) is 12.8 Å². The van der Waals surface area contributed by atoms with Gasteiger partial charge in [0.1, 0.15) is 5.75 Å². The Kier molecular flexibility index (Phi) is 6.38. The highest BCUT2D eigenvalue weighted by atomic mass is 16.5. The molecule has 0 aliphatic rings. The van der Waals surface area contributed by atoms with Crippen molar-refractivity contribution in [3.63, 3.8) is 0 Å². The smallest absolute Gasteiger partial charge is 0.341 e. The van der Waals surface area contributed by atoms with E-state index in [9.17, 15) is 9.59 Å². The quantitative estimate of drug-likeness (QED) is 0.755. The minimum absolute atomic E-state index is 0.209. The highest BCUT2D eigenvalue weighted by molar-refractivity contribution is 6.05. The number of amides is 1. The van der Waals surface area contributed by atoms with Crippen LogP contribution in [0.1, 0.15) is 42.4 Å². The topological polar surface area (TPSA) is 93.4 Å². The number of benzene rings is 1. The van der Waals surface area contributed by atoms with E-state index in [1.807, 2.05) is 18.5 Å². The number of nitrogens with one attached hydrogen (secondary N) is 1. The second-order valence-corrected chi connectivity index (χ2v) is 6.55. The van der Waals surface area contributed by atoms with Crippen LogP contribution in [0.15, 0.2) is 24.4 Å². The van der Waals surface area contributed by atoms with E-state index in [0.29, 0.717) is 22.9 Å². The molecule has 2 rings (SSSR count). The number of rotatable bonds is 8. The lowest BCUT2D eigenvalue weighted by Crippen LogP contribution is -2.16. The summed E-state index contributed by atoms with van der Waals surface area (Å²) < 4.78 is 7.03. The first-order valence-corrected chi connectivity index (χ1v) is 8.63. The van der Waals surface area contributed by atoms with E-state index < -0.39 is 12.6 Å². The third-order valence-electron chi connectivity index (χ3n) is 3.87. The zero-order valence-electron chi connectivity index (χ0n) is 15.6. The van der Waals surface area contributed by atoms with Gasteiger partial charge in [0, 0.05) is 12.2 Å². The molecule has 0 atom stereocenters. The molecule has 1 amide bonds. The summed E-state index contributed by atoms with van der Waals surface area (Å²) in [6.45, 7) is 8.41. The molecule has 26 heavy (non-hydrogen) atoms. The number of aromatic nitrogens is 2. The Morgan fingerprint density at radius 2 is 2.08 bits per heavy atom. The van der Waals surface area contributed by atoms with E-state index in [1.54, 1.807) is 24.4 Å². The first-order valence-electron chi connectivity index (χ1n) is 8.63. The van der Waals surface area contributed by atoms with Gasteiger partial charge in [-0.2, -0.15) is 5.10 Å². The average molecular weight is 359 g/mol. The molecule has 0 unspecified atom stereocenters. The van der Waals surface area contributed by atoms with Gasteiger partial charge in [-0.15, -0.1) is 0 Å². The molecule has 1 heterocycles. The molecular formula is C19H25N3O4. The number of carboxylic acids is 1. The molecule has 0 aliphatic carbocycles. The minimum Gasteiger partial charge on any atom is -0.482 e. The summed E-state index contributed by atoms with van der Waals surface area (Å²) in [5, 5.41) is 15.9. The zero-order valence-corrected chi connectivity index (χ0v) is 15.6. The van der Waals surface area contributed by atoms with Crippen molar-refractivity contribution in [1.29, 1.82) is 0 Å². The maximum Gasteiger partial charge on any atom is 0.341 e. The Morgan fingerprint density at radius 3 is 2.65 bits per heavy atom. The van der Waals surface area contributed by atoms with Gasteiger partial charge in [-0.05, 0) is 43.0 Å². The number of nitrogens with zero attached hydrogens (tertiary/aromatic N) is 2. The van der Waals surface area contributed by atoms with Crippen LogP contribution in [0.5, 0.6) is 5.75 Å². The van der Waals surface area contributed by atoms with E-state index in [4.69, 9.17) is 9.84 Å². The Hall–Kier alpha value is -2.83. The fourth-order valence-corrected chi connectivity index (χ4v) is 2.68. The van der Waals surface area contributed by atoms with Crippen molar-refractivity contribution in [2.45, 2.75) is 40.7 Å². The predicted molar refractivity (Wildman–Crippen MR) is 98.7 cm³/mol. The summed E-state index contributed by atoms with van der Waals surface area (Å²) in [6, 6.07) is 5.03. The van der Waals surface area contributed by atoms with Crippen molar-refractivity contribution in [2.24, 2.45) is 5.92 Å².